The molecule has 0 aliphatic carbocycles. The van der Waals surface area contributed by atoms with Gasteiger partial charge in [-0.3, -0.25) is 10.1 Å². The molecule has 0 aromatic heterocycles. The predicted molar refractivity (Wildman–Crippen MR) is 77.3 cm³/mol. The Morgan fingerprint density at radius 3 is 2.67 bits per heavy atom. The lowest BCUT2D eigenvalue weighted by Crippen LogP contribution is -2.05. The Morgan fingerprint density at radius 2 is 2.10 bits per heavy atom. The minimum absolute atomic E-state index is 0.0276. The van der Waals surface area contributed by atoms with Gasteiger partial charge in [0, 0.05) is 18.7 Å². The molecule has 1 N–H and O–H groups in total. The lowest BCUT2D eigenvalue weighted by Gasteiger charge is -2.08. The largest absolute Gasteiger partial charge is 0.454 e. The number of hydrogen-bond acceptors (Lipinski definition) is 4. The first kappa shape index (κ1) is 15.2. The molecule has 0 saturated carbocycles. The standard InChI is InChI=1S/C14H12ClFN2O3/c1-17-8-9-2-5-14(12(16)6-9)21-10-3-4-13(18(19)20)11(15)7-10/h2-7,17H,8H2,1H3. The number of halogens is 2. The average molecular weight is 311 g/mol. The Kier molecular flexibility index (Phi) is 4.72. The molecule has 110 valence electrons. The summed E-state index contributed by atoms with van der Waals surface area (Å²) in [4.78, 5) is 10.1. The van der Waals surface area contributed by atoms with Crippen molar-refractivity contribution in [3.63, 3.8) is 0 Å². The Morgan fingerprint density at radius 1 is 1.33 bits per heavy atom. The summed E-state index contributed by atoms with van der Waals surface area (Å²) < 4.78 is 19.2. The minimum Gasteiger partial charge on any atom is -0.454 e. The maximum absolute atomic E-state index is 13.9. The van der Waals surface area contributed by atoms with E-state index in [9.17, 15) is 14.5 Å². The second-order valence-electron chi connectivity index (χ2n) is 4.27. The summed E-state index contributed by atoms with van der Waals surface area (Å²) in [6.07, 6.45) is 0. The summed E-state index contributed by atoms with van der Waals surface area (Å²) in [5.74, 6) is -0.261. The molecule has 21 heavy (non-hydrogen) atoms. The van der Waals surface area contributed by atoms with Gasteiger partial charge in [-0.25, -0.2) is 4.39 Å². The number of nitro groups is 1. The van der Waals surface area contributed by atoms with Gasteiger partial charge >= 0.3 is 0 Å². The highest BCUT2D eigenvalue weighted by molar-refractivity contribution is 6.32. The second-order valence-corrected chi connectivity index (χ2v) is 4.67. The lowest BCUT2D eigenvalue weighted by atomic mass is 10.2. The van der Waals surface area contributed by atoms with Crippen LogP contribution in [0.4, 0.5) is 10.1 Å². The van der Waals surface area contributed by atoms with Crippen molar-refractivity contribution in [2.45, 2.75) is 6.54 Å². The first-order chi connectivity index (χ1) is 10.0. The van der Waals surface area contributed by atoms with E-state index in [0.29, 0.717) is 6.54 Å². The fraction of sp³-hybridized carbons (Fsp3) is 0.143. The summed E-state index contributed by atoms with van der Waals surface area (Å²) in [5.41, 5.74) is 0.554. The van der Waals surface area contributed by atoms with E-state index < -0.39 is 10.7 Å². The number of nitrogens with one attached hydrogen (secondary N) is 1. The van der Waals surface area contributed by atoms with Crippen LogP contribution in [0.3, 0.4) is 0 Å². The number of hydrogen-bond donors (Lipinski definition) is 1. The molecule has 0 spiro atoms. The highest BCUT2D eigenvalue weighted by Gasteiger charge is 2.14. The third kappa shape index (κ3) is 3.68. The van der Waals surface area contributed by atoms with Crippen LogP contribution in [0.5, 0.6) is 11.5 Å². The molecule has 2 aromatic rings. The zero-order valence-corrected chi connectivity index (χ0v) is 11.9. The number of rotatable bonds is 5. The third-order valence-electron chi connectivity index (χ3n) is 2.72. The molecule has 0 fully saturated rings. The molecular weight excluding hydrogens is 299 g/mol. The lowest BCUT2D eigenvalue weighted by molar-refractivity contribution is -0.384. The molecule has 0 aliphatic rings. The number of benzene rings is 2. The Balaban J connectivity index is 2.22. The van der Waals surface area contributed by atoms with Gasteiger partial charge in [0.2, 0.25) is 0 Å². The van der Waals surface area contributed by atoms with Crippen LogP contribution in [0.25, 0.3) is 0 Å². The fourth-order valence-corrected chi connectivity index (χ4v) is 2.01. The summed E-state index contributed by atoms with van der Waals surface area (Å²) in [7, 11) is 1.77. The zero-order valence-electron chi connectivity index (χ0n) is 11.1. The van der Waals surface area contributed by atoms with Crippen LogP contribution in [0.2, 0.25) is 5.02 Å². The molecule has 5 nitrogen and oxygen atoms in total. The van der Waals surface area contributed by atoms with E-state index in [1.54, 1.807) is 13.1 Å². The maximum atomic E-state index is 13.9. The molecule has 2 aromatic carbocycles. The summed E-state index contributed by atoms with van der Waals surface area (Å²) in [5, 5.41) is 13.5. The predicted octanol–water partition coefficient (Wildman–Crippen LogP) is 3.90. The quantitative estimate of drug-likeness (QED) is 0.672. The van der Waals surface area contributed by atoms with Gasteiger partial charge in [0.25, 0.3) is 5.69 Å². The molecule has 0 radical (unpaired) electrons. The van der Waals surface area contributed by atoms with Crippen LogP contribution < -0.4 is 10.1 Å². The van der Waals surface area contributed by atoms with Crippen molar-refractivity contribution in [2.24, 2.45) is 0 Å². The van der Waals surface area contributed by atoms with Gasteiger partial charge in [-0.05, 0) is 30.8 Å². The molecule has 2 rings (SSSR count). The molecule has 0 unspecified atom stereocenters. The highest BCUT2D eigenvalue weighted by Crippen LogP contribution is 2.32. The summed E-state index contributed by atoms with van der Waals surface area (Å²) >= 11 is 5.77. The van der Waals surface area contributed by atoms with Gasteiger partial charge in [0.1, 0.15) is 10.8 Å². The first-order valence-electron chi connectivity index (χ1n) is 6.06. The molecule has 0 aliphatic heterocycles. The van der Waals surface area contributed by atoms with E-state index in [1.165, 1.54) is 30.3 Å². The number of nitro benzene ring substituents is 1. The van der Waals surface area contributed by atoms with Crippen molar-refractivity contribution in [3.05, 3.63) is 62.9 Å². The SMILES string of the molecule is CNCc1ccc(Oc2ccc([N+](=O)[O-])c(Cl)c2)c(F)c1. The maximum Gasteiger partial charge on any atom is 0.288 e. The van der Waals surface area contributed by atoms with Crippen molar-refractivity contribution in [1.29, 1.82) is 0 Å². The van der Waals surface area contributed by atoms with Gasteiger partial charge in [-0.2, -0.15) is 0 Å². The summed E-state index contributed by atoms with van der Waals surface area (Å²) in [6, 6.07) is 8.44. The van der Waals surface area contributed by atoms with Gasteiger partial charge in [0.15, 0.2) is 11.6 Å². The highest BCUT2D eigenvalue weighted by atomic mass is 35.5. The molecule has 0 heterocycles. The fourth-order valence-electron chi connectivity index (χ4n) is 1.77. The Hall–Kier alpha value is -2.18. The monoisotopic (exact) mass is 310 g/mol. The normalized spacial score (nSPS) is 10.4. The Bertz CT molecular complexity index is 679. The molecular formula is C14H12ClFN2O3. The average Bonchev–Trinajstić information content (AvgIpc) is 2.42. The van der Waals surface area contributed by atoms with Crippen LogP contribution in [0.1, 0.15) is 5.56 Å². The van der Waals surface area contributed by atoms with E-state index in [0.717, 1.165) is 5.56 Å². The third-order valence-corrected chi connectivity index (χ3v) is 3.02. The smallest absolute Gasteiger partial charge is 0.288 e. The van der Waals surface area contributed by atoms with Crippen LogP contribution in [-0.2, 0) is 6.54 Å². The van der Waals surface area contributed by atoms with Gasteiger partial charge in [-0.1, -0.05) is 17.7 Å². The first-order valence-corrected chi connectivity index (χ1v) is 6.44. The molecule has 0 atom stereocenters. The van der Waals surface area contributed by atoms with E-state index in [-0.39, 0.29) is 22.2 Å². The molecule has 0 saturated heterocycles. The number of ether oxygens (including phenoxy) is 1. The Labute approximate surface area is 125 Å². The molecule has 7 heteroatoms. The van der Waals surface area contributed by atoms with Gasteiger partial charge in [-0.15, -0.1) is 0 Å². The van der Waals surface area contributed by atoms with Crippen LogP contribution >= 0.6 is 11.6 Å². The van der Waals surface area contributed by atoms with Gasteiger partial charge in [0.05, 0.1) is 4.92 Å². The van der Waals surface area contributed by atoms with Crippen LogP contribution in [0, 0.1) is 15.9 Å². The van der Waals surface area contributed by atoms with Crippen molar-refractivity contribution in [1.82, 2.24) is 5.32 Å². The van der Waals surface area contributed by atoms with Crippen LogP contribution in [0.15, 0.2) is 36.4 Å². The second kappa shape index (κ2) is 6.51. The van der Waals surface area contributed by atoms with Crippen molar-refractivity contribution in [3.8, 4) is 11.5 Å². The number of nitrogens with zero attached hydrogens (tertiary/aromatic N) is 1. The van der Waals surface area contributed by atoms with Gasteiger partial charge < -0.3 is 10.1 Å². The van der Waals surface area contributed by atoms with Crippen molar-refractivity contribution >= 4 is 17.3 Å². The molecule has 0 amide bonds. The molecule has 0 bridgehead atoms. The van der Waals surface area contributed by atoms with E-state index in [2.05, 4.69) is 5.32 Å². The zero-order chi connectivity index (χ0) is 15.4. The van der Waals surface area contributed by atoms with E-state index >= 15 is 0 Å². The van der Waals surface area contributed by atoms with Crippen LogP contribution in [-0.4, -0.2) is 12.0 Å². The summed E-state index contributed by atoms with van der Waals surface area (Å²) in [6.45, 7) is 0.542. The minimum atomic E-state index is -0.598. The van der Waals surface area contributed by atoms with E-state index in [4.69, 9.17) is 16.3 Å². The van der Waals surface area contributed by atoms with Crippen molar-refractivity contribution < 1.29 is 14.1 Å². The topological polar surface area (TPSA) is 64.4 Å². The van der Waals surface area contributed by atoms with E-state index in [1.807, 2.05) is 0 Å². The van der Waals surface area contributed by atoms with Crippen molar-refractivity contribution in [2.75, 3.05) is 7.05 Å².